The number of para-hydroxylation sites is 1. The van der Waals surface area contributed by atoms with Gasteiger partial charge in [-0.15, -0.1) is 11.8 Å². The summed E-state index contributed by atoms with van der Waals surface area (Å²) in [5.41, 5.74) is 3.13. The molecule has 0 spiro atoms. The molecule has 1 aliphatic heterocycles. The zero-order valence-electron chi connectivity index (χ0n) is 23.3. The van der Waals surface area contributed by atoms with E-state index in [1.54, 1.807) is 79.6 Å². The lowest BCUT2D eigenvalue weighted by atomic mass is 10.1. The molecule has 3 aromatic carbocycles. The lowest BCUT2D eigenvalue weighted by Crippen LogP contribution is -2.27. The maximum atomic E-state index is 13.1. The number of rotatable bonds is 11. The highest BCUT2D eigenvalue weighted by molar-refractivity contribution is 8.00. The molecule has 4 aromatic rings. The Morgan fingerprint density at radius 3 is 2.48 bits per heavy atom. The standard InChI is InChI=1S/C32H31N3O6S/c1-39-27-14-9-21(18-28(27)40-2)15-16-33-31(38)25-7-3-4-8-26(25)34-30(37)22-10-12-23(13-11-22)32-35(29(36)20-42-32)19-24-6-5-17-41-24/h3-14,17-18,32H,15-16,19-20H2,1-2H3,(H,33,38)(H,34,37)/t32-/m1/s1. The van der Waals surface area contributed by atoms with Gasteiger partial charge in [-0.2, -0.15) is 0 Å². The van der Waals surface area contributed by atoms with Gasteiger partial charge >= 0.3 is 0 Å². The van der Waals surface area contributed by atoms with Crippen LogP contribution in [0.1, 0.15) is 43.0 Å². The quantitative estimate of drug-likeness (QED) is 0.246. The Hall–Kier alpha value is -4.70. The van der Waals surface area contributed by atoms with Crippen LogP contribution in [0.2, 0.25) is 0 Å². The summed E-state index contributed by atoms with van der Waals surface area (Å²) < 4.78 is 16.1. The molecule has 2 N–H and O–H groups in total. The van der Waals surface area contributed by atoms with Gasteiger partial charge in [-0.05, 0) is 66.1 Å². The summed E-state index contributed by atoms with van der Waals surface area (Å²) >= 11 is 1.54. The monoisotopic (exact) mass is 585 g/mol. The van der Waals surface area contributed by atoms with Crippen molar-refractivity contribution < 1.29 is 28.3 Å². The minimum atomic E-state index is -0.338. The van der Waals surface area contributed by atoms with Crippen molar-refractivity contribution in [3.63, 3.8) is 0 Å². The van der Waals surface area contributed by atoms with Gasteiger partial charge in [0.15, 0.2) is 11.5 Å². The minimum Gasteiger partial charge on any atom is -0.493 e. The van der Waals surface area contributed by atoms with E-state index in [4.69, 9.17) is 13.9 Å². The number of furan rings is 1. The number of ether oxygens (including phenoxy) is 2. The fourth-order valence-electron chi connectivity index (χ4n) is 4.71. The first-order chi connectivity index (χ1) is 20.5. The number of benzene rings is 3. The second kappa shape index (κ2) is 13.3. The van der Waals surface area contributed by atoms with Gasteiger partial charge in [0.25, 0.3) is 11.8 Å². The smallest absolute Gasteiger partial charge is 0.255 e. The van der Waals surface area contributed by atoms with Gasteiger partial charge < -0.3 is 29.4 Å². The number of carbonyl (C=O) groups excluding carboxylic acids is 3. The van der Waals surface area contributed by atoms with E-state index < -0.39 is 0 Å². The van der Waals surface area contributed by atoms with Crippen LogP contribution in [0, 0.1) is 0 Å². The number of methoxy groups -OCH3 is 2. The Balaban J connectivity index is 1.20. The third-order valence-corrected chi connectivity index (χ3v) is 8.16. The molecular weight excluding hydrogens is 554 g/mol. The van der Waals surface area contributed by atoms with E-state index in [0.717, 1.165) is 16.9 Å². The van der Waals surface area contributed by atoms with Crippen LogP contribution >= 0.6 is 11.8 Å². The van der Waals surface area contributed by atoms with Gasteiger partial charge in [-0.3, -0.25) is 14.4 Å². The Bertz CT molecular complexity index is 1550. The molecule has 10 heteroatoms. The van der Waals surface area contributed by atoms with Crippen molar-refractivity contribution in [3.05, 3.63) is 113 Å². The Kier molecular flexibility index (Phi) is 9.13. The number of carbonyl (C=O) groups is 3. The van der Waals surface area contributed by atoms with Crippen LogP contribution in [0.4, 0.5) is 5.69 Å². The highest BCUT2D eigenvalue weighted by Crippen LogP contribution is 2.39. The number of amides is 3. The van der Waals surface area contributed by atoms with Gasteiger partial charge in [0.1, 0.15) is 11.1 Å². The number of nitrogens with zero attached hydrogens (tertiary/aromatic N) is 1. The summed E-state index contributed by atoms with van der Waals surface area (Å²) in [5, 5.41) is 5.63. The fourth-order valence-corrected chi connectivity index (χ4v) is 5.89. The van der Waals surface area contributed by atoms with Crippen LogP contribution in [-0.4, -0.2) is 49.1 Å². The molecule has 0 aliphatic carbocycles. The van der Waals surface area contributed by atoms with Gasteiger partial charge in [-0.1, -0.05) is 30.3 Å². The lowest BCUT2D eigenvalue weighted by Gasteiger charge is -2.23. The molecule has 216 valence electrons. The molecule has 0 radical (unpaired) electrons. The maximum absolute atomic E-state index is 13.1. The molecule has 5 rings (SSSR count). The third-order valence-electron chi connectivity index (χ3n) is 6.90. The minimum absolute atomic E-state index is 0.0434. The SMILES string of the molecule is COc1ccc(CCNC(=O)c2ccccc2NC(=O)c2ccc([C@H]3SCC(=O)N3Cc3ccco3)cc2)cc1OC. The lowest BCUT2D eigenvalue weighted by molar-refractivity contribution is -0.128. The van der Waals surface area contributed by atoms with Gasteiger partial charge in [0.2, 0.25) is 5.91 Å². The van der Waals surface area contributed by atoms with Crippen molar-refractivity contribution in [2.75, 3.05) is 31.8 Å². The molecule has 1 atom stereocenters. The molecular formula is C32H31N3O6S. The highest BCUT2D eigenvalue weighted by atomic mass is 32.2. The van der Waals surface area contributed by atoms with Crippen molar-refractivity contribution >= 4 is 35.2 Å². The number of thioether (sulfide) groups is 1. The van der Waals surface area contributed by atoms with E-state index in [0.29, 0.717) is 53.6 Å². The van der Waals surface area contributed by atoms with Crippen LogP contribution in [0.15, 0.2) is 89.5 Å². The first kappa shape index (κ1) is 28.8. The molecule has 1 aliphatic rings. The van der Waals surface area contributed by atoms with Crippen LogP contribution in [0.25, 0.3) is 0 Å². The second-order valence-corrected chi connectivity index (χ2v) is 10.6. The predicted octanol–water partition coefficient (Wildman–Crippen LogP) is 5.30. The Labute approximate surface area is 248 Å². The van der Waals surface area contributed by atoms with Crippen LogP contribution < -0.4 is 20.1 Å². The van der Waals surface area contributed by atoms with Gasteiger partial charge in [-0.25, -0.2) is 0 Å². The summed E-state index contributed by atoms with van der Waals surface area (Å²) in [6.07, 6.45) is 2.18. The first-order valence-corrected chi connectivity index (χ1v) is 14.4. The van der Waals surface area contributed by atoms with Crippen molar-refractivity contribution in [3.8, 4) is 11.5 Å². The third kappa shape index (κ3) is 6.60. The summed E-state index contributed by atoms with van der Waals surface area (Å²) in [4.78, 5) is 40.4. The zero-order valence-corrected chi connectivity index (χ0v) is 24.1. The van der Waals surface area contributed by atoms with E-state index in [1.807, 2.05) is 36.4 Å². The summed E-state index contributed by atoms with van der Waals surface area (Å²) in [6.45, 7) is 0.787. The van der Waals surface area contributed by atoms with Crippen molar-refractivity contribution in [1.29, 1.82) is 0 Å². The number of nitrogens with one attached hydrogen (secondary N) is 2. The number of hydrogen-bond acceptors (Lipinski definition) is 7. The summed E-state index contributed by atoms with van der Waals surface area (Å²) in [5.74, 6) is 1.79. The summed E-state index contributed by atoms with van der Waals surface area (Å²) in [7, 11) is 3.16. The molecule has 2 heterocycles. The molecule has 0 bridgehead atoms. The molecule has 0 saturated carbocycles. The highest BCUT2D eigenvalue weighted by Gasteiger charge is 2.33. The van der Waals surface area contributed by atoms with Gasteiger partial charge in [0.05, 0.1) is 44.0 Å². The molecule has 1 saturated heterocycles. The zero-order chi connectivity index (χ0) is 29.5. The molecule has 9 nitrogen and oxygen atoms in total. The van der Waals surface area contributed by atoms with Crippen LogP contribution in [0.3, 0.4) is 0 Å². The fraction of sp³-hybridized carbons (Fsp3) is 0.219. The molecule has 42 heavy (non-hydrogen) atoms. The average molecular weight is 586 g/mol. The second-order valence-electron chi connectivity index (χ2n) is 9.58. The van der Waals surface area contributed by atoms with Crippen molar-refractivity contribution in [2.45, 2.75) is 18.3 Å². The topological polar surface area (TPSA) is 110 Å². The first-order valence-electron chi connectivity index (χ1n) is 13.4. The molecule has 1 aromatic heterocycles. The number of anilines is 1. The Morgan fingerprint density at radius 1 is 0.952 bits per heavy atom. The van der Waals surface area contributed by atoms with Crippen LogP contribution in [0.5, 0.6) is 11.5 Å². The van der Waals surface area contributed by atoms with E-state index in [-0.39, 0.29) is 23.1 Å². The normalized spacial score (nSPS) is 14.5. The van der Waals surface area contributed by atoms with E-state index in [1.165, 1.54) is 0 Å². The maximum Gasteiger partial charge on any atom is 0.255 e. The van der Waals surface area contributed by atoms with E-state index in [2.05, 4.69) is 10.6 Å². The number of hydrogen-bond donors (Lipinski definition) is 2. The largest absolute Gasteiger partial charge is 0.493 e. The van der Waals surface area contributed by atoms with Crippen molar-refractivity contribution in [1.82, 2.24) is 10.2 Å². The van der Waals surface area contributed by atoms with E-state index >= 15 is 0 Å². The van der Waals surface area contributed by atoms with Crippen molar-refractivity contribution in [2.24, 2.45) is 0 Å². The molecule has 0 unspecified atom stereocenters. The molecule has 3 amide bonds. The van der Waals surface area contributed by atoms with Gasteiger partial charge in [0, 0.05) is 12.1 Å². The van der Waals surface area contributed by atoms with Crippen LogP contribution in [-0.2, 0) is 17.8 Å². The Morgan fingerprint density at radius 2 is 1.74 bits per heavy atom. The summed E-state index contributed by atoms with van der Waals surface area (Å²) in [6, 6.07) is 23.3. The van der Waals surface area contributed by atoms with E-state index in [9.17, 15) is 14.4 Å². The average Bonchev–Trinajstić information content (AvgIpc) is 3.67. The molecule has 1 fully saturated rings. The predicted molar refractivity (Wildman–Crippen MR) is 161 cm³/mol.